The van der Waals surface area contributed by atoms with Gasteiger partial charge in [0.1, 0.15) is 17.4 Å². The lowest BCUT2D eigenvalue weighted by molar-refractivity contribution is -0.152. The molecule has 3 heterocycles. The smallest absolute Gasteiger partial charge is 0.303 e. The lowest BCUT2D eigenvalue weighted by Crippen LogP contribution is -2.45. The number of fused-ring (bicyclic) bond motifs is 4. The zero-order valence-electron chi connectivity index (χ0n) is 30.0. The van der Waals surface area contributed by atoms with Gasteiger partial charge in [0.2, 0.25) is 0 Å². The summed E-state index contributed by atoms with van der Waals surface area (Å²) in [6.07, 6.45) is 0.891. The molecule has 13 heteroatoms. The van der Waals surface area contributed by atoms with Gasteiger partial charge in [0, 0.05) is 41.1 Å². The molecule has 0 fully saturated rings. The third-order valence-electron chi connectivity index (χ3n) is 8.70. The Labute approximate surface area is 324 Å². The summed E-state index contributed by atoms with van der Waals surface area (Å²) in [5.74, 6) is 0.629. The Morgan fingerprint density at radius 1 is 1.00 bits per heavy atom. The first-order valence-corrected chi connectivity index (χ1v) is 18.0. The highest BCUT2D eigenvalue weighted by Crippen LogP contribution is 2.47. The largest absolute Gasteiger partial charge is 0.497 e. The van der Waals surface area contributed by atoms with Crippen LogP contribution in [0.3, 0.4) is 0 Å². The number of aliphatic imine (C=N–C) groups is 1. The molecule has 0 radical (unpaired) electrons. The Bertz CT molecular complexity index is 2120. The predicted molar refractivity (Wildman–Crippen MR) is 211 cm³/mol. The number of aromatic nitrogens is 2. The molecular weight excluding hydrogens is 736 g/mol. The van der Waals surface area contributed by atoms with Crippen molar-refractivity contribution >= 4 is 59.0 Å². The molecule has 2 aliphatic heterocycles. The van der Waals surface area contributed by atoms with Crippen LogP contribution in [-0.2, 0) is 20.9 Å². The second-order valence-electron chi connectivity index (χ2n) is 12.5. The van der Waals surface area contributed by atoms with Gasteiger partial charge in [-0.1, -0.05) is 48.0 Å². The van der Waals surface area contributed by atoms with Crippen molar-refractivity contribution in [3.8, 4) is 11.4 Å². The number of esters is 1. The van der Waals surface area contributed by atoms with Gasteiger partial charge in [-0.15, -0.1) is 24.2 Å². The van der Waals surface area contributed by atoms with Gasteiger partial charge in [-0.05, 0) is 81.2 Å². The maximum absolute atomic E-state index is 14.3. The van der Waals surface area contributed by atoms with Crippen LogP contribution in [0.2, 0.25) is 5.02 Å². The van der Waals surface area contributed by atoms with Crippen LogP contribution in [-0.4, -0.2) is 72.4 Å². The molecule has 5 aromatic rings. The molecule has 0 unspecified atom stereocenters. The number of amides is 1. The lowest BCUT2D eigenvalue weighted by atomic mass is 10.00. The van der Waals surface area contributed by atoms with Gasteiger partial charge in [-0.2, -0.15) is 0 Å². The van der Waals surface area contributed by atoms with Crippen LogP contribution in [0.5, 0.6) is 5.75 Å². The van der Waals surface area contributed by atoms with E-state index in [1.54, 1.807) is 35.9 Å². The summed E-state index contributed by atoms with van der Waals surface area (Å²) in [6.45, 7) is 4.93. The Kier molecular flexibility index (Phi) is 13.0. The Hall–Kier alpha value is -4.68. The Morgan fingerprint density at radius 3 is 2.42 bits per heavy atom. The van der Waals surface area contributed by atoms with Crippen molar-refractivity contribution in [3.05, 3.63) is 136 Å². The first-order chi connectivity index (χ1) is 25.0. The first-order valence-electron chi connectivity index (χ1n) is 16.7. The summed E-state index contributed by atoms with van der Waals surface area (Å²) in [4.78, 5) is 39.2. The number of ether oxygens (including phenoxy) is 2. The molecule has 53 heavy (non-hydrogen) atoms. The number of rotatable bonds is 7. The van der Waals surface area contributed by atoms with E-state index in [9.17, 15) is 14.0 Å². The Morgan fingerprint density at radius 2 is 1.72 bits per heavy atom. The molecule has 7 rings (SSSR count). The fraction of sp³-hybridized carbons (Fsp3) is 0.250. The summed E-state index contributed by atoms with van der Waals surface area (Å²) in [7, 11) is 5.54. The minimum absolute atomic E-state index is 0. The summed E-state index contributed by atoms with van der Waals surface area (Å²) < 4.78 is 27.2. The maximum atomic E-state index is 14.3. The van der Waals surface area contributed by atoms with E-state index in [0.29, 0.717) is 35.9 Å². The minimum Gasteiger partial charge on any atom is -0.497 e. The fourth-order valence-electron chi connectivity index (χ4n) is 6.19. The van der Waals surface area contributed by atoms with E-state index >= 15 is 0 Å². The number of carbonyl (C=O) groups is 2. The number of benzene rings is 4. The molecule has 0 aliphatic carbocycles. The maximum Gasteiger partial charge on any atom is 0.303 e. The van der Waals surface area contributed by atoms with Gasteiger partial charge >= 0.3 is 5.97 Å². The number of hydrogen-bond donors (Lipinski definition) is 0. The number of imidazole rings is 1. The monoisotopic (exact) mass is 775 g/mol. The minimum atomic E-state index is -0.916. The number of para-hydroxylation sites is 1. The number of methoxy groups -OCH3 is 1. The topological polar surface area (TPSA) is 89.3 Å². The quantitative estimate of drug-likeness (QED) is 0.154. The zero-order valence-corrected chi connectivity index (χ0v) is 32.3. The van der Waals surface area contributed by atoms with E-state index < -0.39 is 12.1 Å². The SMILES string of the molecule is COc1ccc([C@@H]2Sc3ccccc3N(CCN(C)C)C(=O)[C@@H]2OC(C)=O)cc1.Cc1ncc2n1-c1ccc(Cl)cc1C(c1ccccc1F)=NC2.Cl. The van der Waals surface area contributed by atoms with E-state index in [-0.39, 0.29) is 29.4 Å². The number of aryl methyl sites for hydroxylation is 1. The molecule has 0 saturated carbocycles. The number of hydrogen-bond acceptors (Lipinski definition) is 8. The van der Waals surface area contributed by atoms with E-state index in [1.165, 1.54) is 13.0 Å². The highest BCUT2D eigenvalue weighted by molar-refractivity contribution is 7.99. The van der Waals surface area contributed by atoms with Crippen molar-refractivity contribution in [2.45, 2.75) is 36.6 Å². The van der Waals surface area contributed by atoms with Crippen LogP contribution >= 0.6 is 35.8 Å². The van der Waals surface area contributed by atoms with Crippen LogP contribution < -0.4 is 9.64 Å². The second kappa shape index (κ2) is 17.4. The molecule has 0 spiro atoms. The van der Waals surface area contributed by atoms with E-state index in [0.717, 1.165) is 44.7 Å². The van der Waals surface area contributed by atoms with Gasteiger partial charge in [0.25, 0.3) is 5.91 Å². The molecule has 1 aromatic heterocycles. The number of halogens is 3. The molecule has 0 bridgehead atoms. The van der Waals surface area contributed by atoms with Crippen molar-refractivity contribution in [1.82, 2.24) is 14.5 Å². The highest BCUT2D eigenvalue weighted by atomic mass is 35.5. The summed E-state index contributed by atoms with van der Waals surface area (Å²) >= 11 is 7.73. The number of anilines is 1. The molecule has 2 aliphatic rings. The van der Waals surface area contributed by atoms with Gasteiger partial charge in [0.15, 0.2) is 6.10 Å². The van der Waals surface area contributed by atoms with Crippen molar-refractivity contribution in [2.24, 2.45) is 4.99 Å². The predicted octanol–water partition coefficient (Wildman–Crippen LogP) is 8.11. The zero-order chi connectivity index (χ0) is 36.9. The van der Waals surface area contributed by atoms with Crippen LogP contribution in [0.15, 0.2) is 107 Å². The average molecular weight is 777 g/mol. The number of nitrogens with zero attached hydrogens (tertiary/aromatic N) is 5. The summed E-state index contributed by atoms with van der Waals surface area (Å²) in [5.41, 5.74) is 5.53. The molecule has 0 N–H and O–H groups in total. The van der Waals surface area contributed by atoms with Gasteiger partial charge in [0.05, 0.1) is 47.9 Å². The van der Waals surface area contributed by atoms with Crippen LogP contribution in [0.25, 0.3) is 5.69 Å². The Balaban J connectivity index is 0.000000205. The highest BCUT2D eigenvalue weighted by Gasteiger charge is 2.40. The summed E-state index contributed by atoms with van der Waals surface area (Å²) in [6, 6.07) is 27.6. The second-order valence-corrected chi connectivity index (χ2v) is 14.2. The van der Waals surface area contributed by atoms with Gasteiger partial charge < -0.3 is 19.3 Å². The van der Waals surface area contributed by atoms with E-state index in [1.807, 2.05) is 109 Å². The molecule has 276 valence electrons. The molecular formula is C40H40Cl2FN5O4S. The van der Waals surface area contributed by atoms with Gasteiger partial charge in [-0.25, -0.2) is 9.37 Å². The van der Waals surface area contributed by atoms with Gasteiger partial charge in [-0.3, -0.25) is 19.1 Å². The van der Waals surface area contributed by atoms with Crippen LogP contribution in [0, 0.1) is 12.7 Å². The van der Waals surface area contributed by atoms with E-state index in [2.05, 4.69) is 9.98 Å². The average Bonchev–Trinajstić information content (AvgIpc) is 3.35. The number of thioether (sulfide) groups is 1. The fourth-order valence-corrected chi connectivity index (χ4v) is 7.68. The van der Waals surface area contributed by atoms with Crippen molar-refractivity contribution in [1.29, 1.82) is 0 Å². The van der Waals surface area contributed by atoms with Crippen molar-refractivity contribution in [3.63, 3.8) is 0 Å². The lowest BCUT2D eigenvalue weighted by Gasteiger charge is -2.28. The third kappa shape index (κ3) is 8.76. The number of likely N-dealkylation sites (N-methyl/N-ethyl adjacent to an activating group) is 1. The third-order valence-corrected chi connectivity index (χ3v) is 10.3. The molecule has 4 aromatic carbocycles. The standard InChI is InChI=1S/C22H26N2O4S.C18H13ClFN3.ClH/c1-15(25)28-20-21(16-9-11-17(27-4)12-10-16)29-19-8-6-5-7-18(19)24(22(20)26)14-13-23(2)3;1-11-21-9-13-10-22-18(14-4-2-3-5-16(14)20)15-8-12(19)6-7-17(15)23(11)13;/h5-12,20-21H,13-14H2,1-4H3;2-9H,10H2,1H3;1H/t20-,21+;;/m1../s1. The normalized spacial score (nSPS) is 16.0. The van der Waals surface area contributed by atoms with E-state index in [4.69, 9.17) is 21.1 Å². The molecule has 2 atom stereocenters. The number of carbonyl (C=O) groups excluding carboxylic acids is 2. The molecule has 0 saturated heterocycles. The van der Waals surface area contributed by atoms with Crippen molar-refractivity contribution < 1.29 is 23.5 Å². The van der Waals surface area contributed by atoms with Crippen LogP contribution in [0.1, 0.15) is 40.4 Å². The van der Waals surface area contributed by atoms with Crippen molar-refractivity contribution in [2.75, 3.05) is 39.2 Å². The molecule has 1 amide bonds. The molecule has 9 nitrogen and oxygen atoms in total. The van der Waals surface area contributed by atoms with Crippen LogP contribution in [0.4, 0.5) is 10.1 Å². The summed E-state index contributed by atoms with van der Waals surface area (Å²) in [5, 5.41) is 0.233. The first kappa shape index (κ1) is 39.5.